The molecule has 0 aromatic heterocycles. The third-order valence-corrected chi connectivity index (χ3v) is 5.44. The average Bonchev–Trinajstić information content (AvgIpc) is 2.49. The number of hydrogen-bond donors (Lipinski definition) is 4. The minimum atomic E-state index is -1.30. The molecule has 0 radical (unpaired) electrons. The molecular formula is C14H25IO8. The molecule has 0 aromatic carbocycles. The fourth-order valence-corrected chi connectivity index (χ4v) is 3.81. The minimum absolute atomic E-state index is 0.401. The Labute approximate surface area is 148 Å². The molecule has 0 aliphatic carbocycles. The molecule has 2 heterocycles. The van der Waals surface area contributed by atoms with Gasteiger partial charge in [0, 0.05) is 13.5 Å². The maximum absolute atomic E-state index is 10.3. The van der Waals surface area contributed by atoms with Crippen LogP contribution < -0.4 is 0 Å². The summed E-state index contributed by atoms with van der Waals surface area (Å²) in [6.45, 7) is 3.20. The van der Waals surface area contributed by atoms with Crippen molar-refractivity contribution < 1.29 is 39.4 Å². The highest BCUT2D eigenvalue weighted by Gasteiger charge is 2.49. The Hall–Kier alpha value is 0.410. The Morgan fingerprint density at radius 2 is 1.87 bits per heavy atom. The van der Waals surface area contributed by atoms with Crippen molar-refractivity contribution in [1.82, 2.24) is 0 Å². The van der Waals surface area contributed by atoms with Crippen molar-refractivity contribution in [3.63, 3.8) is 0 Å². The molecule has 2 rings (SSSR count). The summed E-state index contributed by atoms with van der Waals surface area (Å²) in [4.78, 5) is 0. The highest BCUT2D eigenvalue weighted by Crippen LogP contribution is 2.38. The van der Waals surface area contributed by atoms with E-state index in [1.54, 1.807) is 6.92 Å². The third kappa shape index (κ3) is 4.15. The zero-order chi connectivity index (χ0) is 17.4. The summed E-state index contributed by atoms with van der Waals surface area (Å²) < 4.78 is 21.5. The second kappa shape index (κ2) is 7.75. The summed E-state index contributed by atoms with van der Waals surface area (Å²) in [7, 11) is 1.39. The molecule has 2 saturated heterocycles. The van der Waals surface area contributed by atoms with Crippen LogP contribution in [0.25, 0.3) is 0 Å². The fraction of sp³-hybridized carbons (Fsp3) is 1.00. The number of aliphatic hydroxyl groups excluding tert-OH is 4. The number of ether oxygens (including phenoxy) is 4. The molecule has 0 aromatic rings. The smallest absolute Gasteiger partial charge is 0.186 e. The molecule has 2 fully saturated rings. The molecule has 0 saturated carbocycles. The number of halogens is 1. The zero-order valence-electron chi connectivity index (χ0n) is 13.3. The number of aliphatic hydroxyl groups is 4. The largest absolute Gasteiger partial charge is 0.394 e. The number of alkyl halides is 1. The van der Waals surface area contributed by atoms with Gasteiger partial charge in [0.25, 0.3) is 0 Å². The maximum atomic E-state index is 10.3. The Morgan fingerprint density at radius 3 is 2.39 bits per heavy atom. The first-order valence-electron chi connectivity index (χ1n) is 7.54. The highest BCUT2D eigenvalue weighted by molar-refractivity contribution is 14.1. The maximum Gasteiger partial charge on any atom is 0.186 e. The predicted octanol–water partition coefficient (Wildman–Crippen LogP) is -0.853. The van der Waals surface area contributed by atoms with Crippen molar-refractivity contribution in [3.8, 4) is 0 Å². The third-order valence-electron chi connectivity index (χ3n) is 4.36. The molecule has 136 valence electrons. The molecule has 0 bridgehead atoms. The van der Waals surface area contributed by atoms with E-state index in [0.717, 1.165) is 0 Å². The van der Waals surface area contributed by atoms with Crippen LogP contribution in [0.3, 0.4) is 0 Å². The van der Waals surface area contributed by atoms with E-state index in [1.165, 1.54) is 7.11 Å². The van der Waals surface area contributed by atoms with Crippen LogP contribution in [-0.4, -0.2) is 86.8 Å². The first-order valence-corrected chi connectivity index (χ1v) is 8.62. The molecule has 8 nitrogen and oxygen atoms in total. The van der Waals surface area contributed by atoms with Crippen LogP contribution in [0.2, 0.25) is 0 Å². The second-order valence-corrected chi connectivity index (χ2v) is 8.71. The first-order chi connectivity index (χ1) is 10.7. The van der Waals surface area contributed by atoms with E-state index < -0.39 is 59.2 Å². The number of hydrogen-bond acceptors (Lipinski definition) is 8. The van der Waals surface area contributed by atoms with Gasteiger partial charge in [-0.25, -0.2) is 0 Å². The van der Waals surface area contributed by atoms with Crippen molar-refractivity contribution in [2.45, 2.75) is 72.9 Å². The Morgan fingerprint density at radius 1 is 1.22 bits per heavy atom. The summed E-state index contributed by atoms with van der Waals surface area (Å²) in [6, 6.07) is 0. The van der Waals surface area contributed by atoms with E-state index in [9.17, 15) is 20.4 Å². The molecule has 4 N–H and O–H groups in total. The van der Waals surface area contributed by atoms with Gasteiger partial charge in [-0.1, -0.05) is 22.6 Å². The highest BCUT2D eigenvalue weighted by atomic mass is 127. The van der Waals surface area contributed by atoms with Gasteiger partial charge in [0.2, 0.25) is 0 Å². The molecular weight excluding hydrogens is 423 g/mol. The number of methoxy groups -OCH3 is 1. The summed E-state index contributed by atoms with van der Waals surface area (Å²) in [5.41, 5.74) is 0. The van der Waals surface area contributed by atoms with Crippen LogP contribution in [0.4, 0.5) is 0 Å². The average molecular weight is 448 g/mol. The zero-order valence-corrected chi connectivity index (χ0v) is 15.5. The summed E-state index contributed by atoms with van der Waals surface area (Å²) in [6.07, 6.45) is -6.82. The monoisotopic (exact) mass is 448 g/mol. The lowest BCUT2D eigenvalue weighted by Gasteiger charge is -2.46. The van der Waals surface area contributed by atoms with Crippen LogP contribution in [0.1, 0.15) is 20.3 Å². The van der Waals surface area contributed by atoms with Crippen molar-refractivity contribution in [2.75, 3.05) is 13.7 Å². The van der Waals surface area contributed by atoms with E-state index in [-0.39, 0.29) is 0 Å². The lowest BCUT2D eigenvalue weighted by atomic mass is 9.93. The Bertz CT molecular complexity index is 393. The van der Waals surface area contributed by atoms with Crippen molar-refractivity contribution in [2.24, 2.45) is 0 Å². The van der Waals surface area contributed by atoms with Gasteiger partial charge in [-0.05, 0) is 13.8 Å². The predicted molar refractivity (Wildman–Crippen MR) is 87.0 cm³/mol. The molecule has 0 spiro atoms. The lowest BCUT2D eigenvalue weighted by Crippen LogP contribution is -2.61. The van der Waals surface area contributed by atoms with Crippen LogP contribution in [0.15, 0.2) is 0 Å². The van der Waals surface area contributed by atoms with E-state index in [2.05, 4.69) is 22.6 Å². The molecule has 2 aliphatic rings. The Balaban J connectivity index is 2.08. The molecule has 23 heavy (non-hydrogen) atoms. The van der Waals surface area contributed by atoms with Crippen LogP contribution in [-0.2, 0) is 18.9 Å². The van der Waals surface area contributed by atoms with Gasteiger partial charge < -0.3 is 39.4 Å². The van der Waals surface area contributed by atoms with Gasteiger partial charge >= 0.3 is 0 Å². The fourth-order valence-electron chi connectivity index (χ4n) is 2.94. The summed E-state index contributed by atoms with van der Waals surface area (Å²) in [5.74, 6) is 0. The molecule has 9 atom stereocenters. The van der Waals surface area contributed by atoms with Gasteiger partial charge in [-0.15, -0.1) is 0 Å². The quantitative estimate of drug-likeness (QED) is 0.325. The second-order valence-electron chi connectivity index (χ2n) is 6.24. The van der Waals surface area contributed by atoms with Gasteiger partial charge in [-0.3, -0.25) is 0 Å². The summed E-state index contributed by atoms with van der Waals surface area (Å²) >= 11 is 2.16. The SMILES string of the molecule is COC1OC(CO)C(O)C(O)C1OC1CC(C)(I)C(O)C(C)O1. The topological polar surface area (TPSA) is 118 Å². The standard InChI is InChI=1S/C14H25IO8/c1-6-12(19)14(2,15)4-8(21-6)23-11-10(18)9(17)7(5-16)22-13(11)20-3/h6-13,16-19H,4-5H2,1-3H3. The van der Waals surface area contributed by atoms with E-state index >= 15 is 0 Å². The molecule has 9 unspecified atom stereocenters. The van der Waals surface area contributed by atoms with Crippen molar-refractivity contribution >= 4 is 22.6 Å². The van der Waals surface area contributed by atoms with Gasteiger partial charge in [0.1, 0.15) is 24.4 Å². The normalized spacial score (nSPS) is 51.7. The van der Waals surface area contributed by atoms with Crippen LogP contribution in [0.5, 0.6) is 0 Å². The van der Waals surface area contributed by atoms with Crippen LogP contribution >= 0.6 is 22.6 Å². The number of rotatable bonds is 4. The first kappa shape index (κ1) is 19.7. The van der Waals surface area contributed by atoms with Crippen molar-refractivity contribution in [3.05, 3.63) is 0 Å². The van der Waals surface area contributed by atoms with Gasteiger partial charge in [0.15, 0.2) is 12.6 Å². The molecule has 9 heteroatoms. The minimum Gasteiger partial charge on any atom is -0.394 e. The molecule has 2 aliphatic heterocycles. The Kier molecular flexibility index (Phi) is 6.65. The van der Waals surface area contributed by atoms with Gasteiger partial charge in [-0.2, -0.15) is 0 Å². The van der Waals surface area contributed by atoms with E-state index in [4.69, 9.17) is 18.9 Å². The van der Waals surface area contributed by atoms with E-state index in [1.807, 2.05) is 6.92 Å². The lowest BCUT2D eigenvalue weighted by molar-refractivity contribution is -0.340. The molecule has 0 amide bonds. The van der Waals surface area contributed by atoms with E-state index in [0.29, 0.717) is 6.42 Å². The van der Waals surface area contributed by atoms with Gasteiger partial charge in [0.05, 0.1) is 22.2 Å². The van der Waals surface area contributed by atoms with Crippen molar-refractivity contribution in [1.29, 1.82) is 0 Å². The van der Waals surface area contributed by atoms with Crippen LogP contribution in [0, 0.1) is 0 Å². The summed E-state index contributed by atoms with van der Waals surface area (Å²) in [5, 5.41) is 39.6.